The number of imidazole rings is 1. The van der Waals surface area contributed by atoms with Crippen LogP contribution in [-0.4, -0.2) is 16.2 Å². The van der Waals surface area contributed by atoms with Gasteiger partial charge in [0, 0.05) is 12.7 Å². The molecule has 144 valence electrons. The first-order valence-electron chi connectivity index (χ1n) is 8.53. The molecule has 0 aliphatic carbocycles. The van der Waals surface area contributed by atoms with Crippen LogP contribution in [0, 0.1) is 28.8 Å². The summed E-state index contributed by atoms with van der Waals surface area (Å²) < 4.78 is 55.8. The average Bonchev–Trinajstić information content (AvgIpc) is 3.17. The predicted octanol–water partition coefficient (Wildman–Crippen LogP) is 5.58. The van der Waals surface area contributed by atoms with E-state index in [2.05, 4.69) is 20.9 Å². The number of halogens is 4. The molecule has 0 saturated carbocycles. The van der Waals surface area contributed by atoms with Crippen LogP contribution in [0.2, 0.25) is 0 Å². The van der Waals surface area contributed by atoms with Crippen molar-refractivity contribution in [2.45, 2.75) is 25.5 Å². The van der Waals surface area contributed by atoms with Crippen LogP contribution in [0.5, 0.6) is 11.5 Å². The Hall–Kier alpha value is -2.57. The van der Waals surface area contributed by atoms with E-state index in [0.717, 1.165) is 25.0 Å². The zero-order chi connectivity index (χ0) is 19.8. The number of fused-ring (bicyclic) bond motifs is 1. The Morgan fingerprint density at radius 3 is 2.79 bits per heavy atom. The third kappa shape index (κ3) is 3.12. The quantitative estimate of drug-likeness (QED) is 0.487. The van der Waals surface area contributed by atoms with Crippen molar-refractivity contribution in [2.24, 2.45) is 0 Å². The maximum atomic E-state index is 14.9. The van der Waals surface area contributed by atoms with Crippen LogP contribution in [0.3, 0.4) is 0 Å². The average molecular weight is 452 g/mol. The van der Waals surface area contributed by atoms with Crippen LogP contribution in [0.1, 0.15) is 31.1 Å². The van der Waals surface area contributed by atoms with Gasteiger partial charge in [0.2, 0.25) is 5.82 Å². The zero-order valence-electron chi connectivity index (χ0n) is 14.4. The third-order valence-electron chi connectivity index (χ3n) is 4.55. The van der Waals surface area contributed by atoms with Crippen molar-refractivity contribution in [3.8, 4) is 17.6 Å². The van der Waals surface area contributed by atoms with Gasteiger partial charge < -0.3 is 14.0 Å². The second-order valence-electron chi connectivity index (χ2n) is 6.30. The molecule has 0 bridgehead atoms. The fourth-order valence-corrected chi connectivity index (χ4v) is 3.71. The van der Waals surface area contributed by atoms with Gasteiger partial charge in [-0.3, -0.25) is 0 Å². The minimum Gasteiger partial charge on any atom is -0.453 e. The Bertz CT molecular complexity index is 1100. The van der Waals surface area contributed by atoms with Crippen LogP contribution in [-0.2, 0) is 4.74 Å². The maximum Gasteiger partial charge on any atom is 0.204 e. The summed E-state index contributed by atoms with van der Waals surface area (Å²) in [5.41, 5.74) is -0.125. The molecule has 1 aliphatic heterocycles. The molecule has 1 fully saturated rings. The van der Waals surface area contributed by atoms with Crippen molar-refractivity contribution in [1.29, 1.82) is 5.26 Å². The highest BCUT2D eigenvalue weighted by molar-refractivity contribution is 9.10. The van der Waals surface area contributed by atoms with E-state index in [4.69, 9.17) is 14.7 Å². The van der Waals surface area contributed by atoms with Gasteiger partial charge in [-0.2, -0.15) is 9.65 Å². The number of nitriles is 1. The van der Waals surface area contributed by atoms with Crippen molar-refractivity contribution >= 4 is 27.0 Å². The molecule has 0 N–H and O–H groups in total. The minimum absolute atomic E-state index is 0.00801. The molecule has 2 heterocycles. The van der Waals surface area contributed by atoms with E-state index >= 15 is 0 Å². The number of hydrogen-bond donors (Lipinski definition) is 0. The number of hydrogen-bond acceptors (Lipinski definition) is 4. The molecule has 1 aromatic heterocycles. The van der Waals surface area contributed by atoms with Gasteiger partial charge in [0.25, 0.3) is 0 Å². The molecule has 5 nitrogen and oxygen atoms in total. The molecule has 1 unspecified atom stereocenters. The maximum absolute atomic E-state index is 14.9. The highest BCUT2D eigenvalue weighted by Gasteiger charge is 2.27. The lowest BCUT2D eigenvalue weighted by molar-refractivity contribution is -0.0297. The molecule has 4 rings (SSSR count). The summed E-state index contributed by atoms with van der Waals surface area (Å²) in [5, 5.41) is 8.92. The monoisotopic (exact) mass is 451 g/mol. The van der Waals surface area contributed by atoms with Crippen LogP contribution < -0.4 is 4.74 Å². The lowest BCUT2D eigenvalue weighted by Crippen LogP contribution is -2.18. The van der Waals surface area contributed by atoms with Crippen molar-refractivity contribution in [3.63, 3.8) is 0 Å². The smallest absolute Gasteiger partial charge is 0.204 e. The number of ether oxygens (including phenoxy) is 2. The van der Waals surface area contributed by atoms with Crippen LogP contribution in [0.25, 0.3) is 11.0 Å². The first-order chi connectivity index (χ1) is 13.5. The molecule has 1 atom stereocenters. The summed E-state index contributed by atoms with van der Waals surface area (Å²) in [5.74, 6) is -3.52. The summed E-state index contributed by atoms with van der Waals surface area (Å²) in [7, 11) is 0. The van der Waals surface area contributed by atoms with E-state index in [1.54, 1.807) is 6.07 Å². The molecular formula is C19H13BrF3N3O2. The van der Waals surface area contributed by atoms with Crippen LogP contribution in [0.15, 0.2) is 29.0 Å². The second-order valence-corrected chi connectivity index (χ2v) is 7.09. The van der Waals surface area contributed by atoms with Crippen molar-refractivity contribution < 1.29 is 22.6 Å². The van der Waals surface area contributed by atoms with Gasteiger partial charge in [0.05, 0.1) is 16.4 Å². The topological polar surface area (TPSA) is 60.1 Å². The molecule has 0 radical (unpaired) electrons. The number of benzene rings is 2. The first-order valence-corrected chi connectivity index (χ1v) is 9.32. The summed E-state index contributed by atoms with van der Waals surface area (Å²) in [6.45, 7) is 0.544. The fourth-order valence-electron chi connectivity index (χ4n) is 3.17. The Balaban J connectivity index is 1.79. The van der Waals surface area contributed by atoms with Crippen molar-refractivity contribution in [2.75, 3.05) is 6.61 Å². The largest absolute Gasteiger partial charge is 0.453 e. The zero-order valence-corrected chi connectivity index (χ0v) is 16.0. The highest BCUT2D eigenvalue weighted by atomic mass is 79.9. The van der Waals surface area contributed by atoms with Crippen molar-refractivity contribution in [3.05, 3.63) is 52.0 Å². The molecule has 1 aliphatic rings. The predicted molar refractivity (Wildman–Crippen MR) is 97.4 cm³/mol. The summed E-state index contributed by atoms with van der Waals surface area (Å²) in [4.78, 5) is 4.18. The Morgan fingerprint density at radius 1 is 1.25 bits per heavy atom. The normalized spacial score (nSPS) is 16.9. The van der Waals surface area contributed by atoms with Gasteiger partial charge in [0.1, 0.15) is 34.9 Å². The molecule has 0 amide bonds. The molecule has 2 aromatic carbocycles. The van der Waals surface area contributed by atoms with E-state index in [0.29, 0.717) is 13.0 Å². The van der Waals surface area contributed by atoms with E-state index in [9.17, 15) is 13.2 Å². The highest BCUT2D eigenvalue weighted by Crippen LogP contribution is 2.41. The number of aromatic nitrogens is 2. The van der Waals surface area contributed by atoms with Crippen LogP contribution >= 0.6 is 15.9 Å². The Labute approximate surface area is 166 Å². The summed E-state index contributed by atoms with van der Waals surface area (Å²) in [6.07, 6.45) is 3.51. The van der Waals surface area contributed by atoms with Gasteiger partial charge in [-0.1, -0.05) is 0 Å². The van der Waals surface area contributed by atoms with Gasteiger partial charge in [-0.05, 0) is 47.3 Å². The van der Waals surface area contributed by atoms with E-state index < -0.39 is 29.4 Å². The van der Waals surface area contributed by atoms with E-state index in [1.165, 1.54) is 17.0 Å². The minimum atomic E-state index is -1.22. The summed E-state index contributed by atoms with van der Waals surface area (Å²) in [6, 6.07) is 5.01. The molecule has 3 aromatic rings. The van der Waals surface area contributed by atoms with E-state index in [-0.39, 0.29) is 26.8 Å². The molecular weight excluding hydrogens is 439 g/mol. The first kappa shape index (κ1) is 18.8. The fraction of sp³-hybridized carbons (Fsp3) is 0.263. The standard InChI is InChI=1S/C19H13BrF3N3O2/c20-14-17-18(26(9-25-17)13-3-1-2-6-27-13)15(22)16(23)19(14)28-11-4-5-12(21)10(7-11)8-24/h4-5,7,9,13H,1-3,6H2. The van der Waals surface area contributed by atoms with Crippen molar-refractivity contribution in [1.82, 2.24) is 9.55 Å². The Kier molecular flexibility index (Phi) is 5.00. The van der Waals surface area contributed by atoms with Gasteiger partial charge in [-0.25, -0.2) is 13.8 Å². The van der Waals surface area contributed by atoms with Gasteiger partial charge in [0.15, 0.2) is 11.6 Å². The molecule has 0 spiro atoms. The lowest BCUT2D eigenvalue weighted by atomic mass is 10.2. The third-order valence-corrected chi connectivity index (χ3v) is 5.28. The van der Waals surface area contributed by atoms with Crippen LogP contribution in [0.4, 0.5) is 13.2 Å². The second kappa shape index (κ2) is 7.45. The summed E-state index contributed by atoms with van der Waals surface area (Å²) >= 11 is 3.22. The van der Waals surface area contributed by atoms with Gasteiger partial charge in [-0.15, -0.1) is 0 Å². The Morgan fingerprint density at radius 2 is 2.07 bits per heavy atom. The molecule has 28 heavy (non-hydrogen) atoms. The number of nitrogens with zero attached hydrogens (tertiary/aromatic N) is 3. The molecule has 1 saturated heterocycles. The van der Waals surface area contributed by atoms with E-state index in [1.807, 2.05) is 0 Å². The molecule has 9 heteroatoms. The lowest BCUT2D eigenvalue weighted by Gasteiger charge is -2.24. The number of rotatable bonds is 3. The van der Waals surface area contributed by atoms with Gasteiger partial charge >= 0.3 is 0 Å². The SMILES string of the molecule is N#Cc1cc(Oc2c(F)c(F)c3c(ncn3C3CCCCO3)c2Br)ccc1F.